The summed E-state index contributed by atoms with van der Waals surface area (Å²) in [6, 6.07) is 1.55. The highest BCUT2D eigenvalue weighted by molar-refractivity contribution is 7.17. The molecule has 1 aliphatic heterocycles. The molecule has 3 aliphatic rings. The lowest BCUT2D eigenvalue weighted by Gasteiger charge is -2.21. The summed E-state index contributed by atoms with van der Waals surface area (Å²) in [4.78, 5) is 36.9. The molecule has 2 amide bonds. The number of alkyl halides is 2. The number of nitrogens with one attached hydrogen (secondary N) is 2. The molecule has 11 heteroatoms. The summed E-state index contributed by atoms with van der Waals surface area (Å²) in [5.74, 6) is -0.539. The minimum Gasteiger partial charge on any atom is -0.388 e. The van der Waals surface area contributed by atoms with Crippen molar-refractivity contribution >= 4 is 29.0 Å². The van der Waals surface area contributed by atoms with Gasteiger partial charge in [0.25, 0.3) is 18.2 Å². The molecule has 3 N–H and O–H groups in total. The van der Waals surface area contributed by atoms with Gasteiger partial charge >= 0.3 is 0 Å². The first kappa shape index (κ1) is 25.0. The van der Waals surface area contributed by atoms with Crippen molar-refractivity contribution in [3.05, 3.63) is 28.5 Å². The SMILES string of the molecule is C[C@H]1CCCN1C(=O)c1nc(C(=O)NCC2(O)CC2)sc1-c1cnc(NC2CCCC2)cc1C(F)F. The van der Waals surface area contributed by atoms with E-state index in [1.54, 1.807) is 4.90 Å². The molecule has 0 unspecified atom stereocenters. The number of hydrogen-bond acceptors (Lipinski definition) is 7. The highest BCUT2D eigenvalue weighted by Gasteiger charge is 2.41. The maximum absolute atomic E-state index is 14.3. The first-order valence-electron chi connectivity index (χ1n) is 12.6. The van der Waals surface area contributed by atoms with Gasteiger partial charge in [0, 0.05) is 42.5 Å². The van der Waals surface area contributed by atoms with Crippen LogP contribution in [0.3, 0.4) is 0 Å². The Morgan fingerprint density at radius 2 is 2.00 bits per heavy atom. The fraction of sp³-hybridized carbons (Fsp3) is 0.600. The molecule has 3 fully saturated rings. The molecule has 1 saturated heterocycles. The van der Waals surface area contributed by atoms with E-state index in [9.17, 15) is 23.5 Å². The Bertz CT molecular complexity index is 1150. The van der Waals surface area contributed by atoms with Crippen LogP contribution in [0, 0.1) is 0 Å². The average Bonchev–Trinajstić information content (AvgIpc) is 3.29. The molecule has 0 aromatic carbocycles. The number of hydrogen-bond donors (Lipinski definition) is 3. The number of amides is 2. The van der Waals surface area contributed by atoms with E-state index < -0.39 is 17.9 Å². The number of pyridine rings is 1. The van der Waals surface area contributed by atoms with Crippen LogP contribution >= 0.6 is 11.3 Å². The lowest BCUT2D eigenvalue weighted by atomic mass is 10.1. The average molecular weight is 520 g/mol. The van der Waals surface area contributed by atoms with Gasteiger partial charge in [-0.05, 0) is 51.5 Å². The number of aliphatic hydroxyl groups is 1. The smallest absolute Gasteiger partial charge is 0.280 e. The number of carbonyl (C=O) groups is 2. The molecule has 8 nitrogen and oxygen atoms in total. The fourth-order valence-electron chi connectivity index (χ4n) is 4.96. The standard InChI is InChI=1S/C25H31F2N5O3S/c1-14-5-4-10-32(14)24(34)19-20(36-23(31-19)22(33)29-13-25(35)8-9-25)17-12-28-18(11-16(17)21(26)27)30-15-6-2-3-7-15/h11-12,14-15,21,35H,2-10,13H2,1H3,(H,28,30)(H,29,33)/t14-/m0/s1. The Kier molecular flexibility index (Phi) is 6.95. The number of rotatable bonds is 8. The lowest BCUT2D eigenvalue weighted by molar-refractivity contribution is 0.0742. The minimum atomic E-state index is -2.80. The third-order valence-electron chi connectivity index (χ3n) is 7.37. The summed E-state index contributed by atoms with van der Waals surface area (Å²) in [5.41, 5.74) is -1.05. The number of anilines is 1. The number of halogens is 2. The quantitative estimate of drug-likeness (QED) is 0.478. The number of likely N-dealkylation sites (tertiary alicyclic amines) is 1. The zero-order valence-electron chi connectivity index (χ0n) is 20.2. The van der Waals surface area contributed by atoms with Crippen molar-refractivity contribution in [3.63, 3.8) is 0 Å². The number of thiazole rings is 1. The van der Waals surface area contributed by atoms with Gasteiger partial charge in [-0.2, -0.15) is 0 Å². The third kappa shape index (κ3) is 5.22. The summed E-state index contributed by atoms with van der Waals surface area (Å²) >= 11 is 0.904. The van der Waals surface area contributed by atoms with Gasteiger partial charge in [0.15, 0.2) is 5.01 Å². The zero-order valence-corrected chi connectivity index (χ0v) is 21.0. The normalized spacial score (nSPS) is 21.2. The molecular weight excluding hydrogens is 488 g/mol. The number of carbonyl (C=O) groups excluding carboxylic acids is 2. The van der Waals surface area contributed by atoms with E-state index in [0.29, 0.717) is 25.2 Å². The predicted octanol–water partition coefficient (Wildman–Crippen LogP) is 4.38. The second-order valence-electron chi connectivity index (χ2n) is 10.2. The Morgan fingerprint density at radius 3 is 2.64 bits per heavy atom. The van der Waals surface area contributed by atoms with Crippen molar-refractivity contribution in [2.75, 3.05) is 18.4 Å². The van der Waals surface area contributed by atoms with E-state index in [1.807, 2.05) is 6.92 Å². The van der Waals surface area contributed by atoms with Crippen molar-refractivity contribution in [1.29, 1.82) is 0 Å². The van der Waals surface area contributed by atoms with Gasteiger partial charge in [-0.25, -0.2) is 18.7 Å². The highest BCUT2D eigenvalue weighted by Crippen LogP contribution is 2.39. The summed E-state index contributed by atoms with van der Waals surface area (Å²) in [6.07, 6.45) is 5.61. The van der Waals surface area contributed by atoms with E-state index in [0.717, 1.165) is 49.9 Å². The predicted molar refractivity (Wildman–Crippen MR) is 132 cm³/mol. The lowest BCUT2D eigenvalue weighted by Crippen LogP contribution is -2.35. The van der Waals surface area contributed by atoms with Crippen molar-refractivity contribution in [2.45, 2.75) is 82.4 Å². The van der Waals surface area contributed by atoms with Crippen LogP contribution in [0.1, 0.15) is 90.6 Å². The van der Waals surface area contributed by atoms with Gasteiger partial charge in [-0.3, -0.25) is 9.59 Å². The van der Waals surface area contributed by atoms with Crippen LogP contribution in [-0.4, -0.2) is 62.6 Å². The van der Waals surface area contributed by atoms with Gasteiger partial charge in [0.2, 0.25) is 0 Å². The molecule has 0 bridgehead atoms. The topological polar surface area (TPSA) is 107 Å². The van der Waals surface area contributed by atoms with E-state index in [2.05, 4.69) is 20.6 Å². The molecule has 2 aliphatic carbocycles. The van der Waals surface area contributed by atoms with Crippen LogP contribution in [0.5, 0.6) is 0 Å². The maximum atomic E-state index is 14.3. The van der Waals surface area contributed by atoms with E-state index in [1.165, 1.54) is 12.3 Å². The summed E-state index contributed by atoms with van der Waals surface area (Å²) < 4.78 is 28.5. The Labute approximate surface area is 212 Å². The molecule has 2 aromatic rings. The maximum Gasteiger partial charge on any atom is 0.280 e. The first-order valence-corrected chi connectivity index (χ1v) is 13.4. The molecule has 1 atom stereocenters. The summed E-state index contributed by atoms with van der Waals surface area (Å²) in [5, 5.41) is 16.0. The molecule has 36 heavy (non-hydrogen) atoms. The van der Waals surface area contributed by atoms with Gasteiger partial charge in [-0.15, -0.1) is 11.3 Å². The van der Waals surface area contributed by atoms with Crippen LogP contribution in [0.2, 0.25) is 0 Å². The van der Waals surface area contributed by atoms with Crippen LogP contribution in [0.15, 0.2) is 12.3 Å². The molecule has 5 rings (SSSR count). The molecule has 2 saturated carbocycles. The van der Waals surface area contributed by atoms with Crippen LogP contribution in [-0.2, 0) is 0 Å². The third-order valence-corrected chi connectivity index (χ3v) is 8.45. The van der Waals surface area contributed by atoms with Gasteiger partial charge in [0.05, 0.1) is 10.5 Å². The first-order chi connectivity index (χ1) is 17.2. The number of nitrogens with zero attached hydrogens (tertiary/aromatic N) is 3. The van der Waals surface area contributed by atoms with Crippen molar-refractivity contribution in [3.8, 4) is 10.4 Å². The molecule has 3 heterocycles. The van der Waals surface area contributed by atoms with Gasteiger partial charge in [0.1, 0.15) is 11.5 Å². The molecule has 194 valence electrons. The molecule has 0 radical (unpaired) electrons. The van der Waals surface area contributed by atoms with Crippen LogP contribution in [0.25, 0.3) is 10.4 Å². The largest absolute Gasteiger partial charge is 0.388 e. The molecular formula is C25H31F2N5O3S. The minimum absolute atomic E-state index is 0.000813. The van der Waals surface area contributed by atoms with E-state index in [4.69, 9.17) is 0 Å². The number of aromatic nitrogens is 2. The Balaban J connectivity index is 1.50. The summed E-state index contributed by atoms with van der Waals surface area (Å²) in [7, 11) is 0. The second kappa shape index (κ2) is 10.0. The molecule has 2 aromatic heterocycles. The van der Waals surface area contributed by atoms with Crippen molar-refractivity contribution in [2.24, 2.45) is 0 Å². The zero-order chi connectivity index (χ0) is 25.4. The van der Waals surface area contributed by atoms with Gasteiger partial charge in [-0.1, -0.05) is 12.8 Å². The van der Waals surface area contributed by atoms with Crippen molar-refractivity contribution < 1.29 is 23.5 Å². The monoisotopic (exact) mass is 519 g/mol. The fourth-order valence-corrected chi connectivity index (χ4v) is 5.96. The van der Waals surface area contributed by atoms with E-state index >= 15 is 0 Å². The van der Waals surface area contributed by atoms with Gasteiger partial charge < -0.3 is 20.6 Å². The van der Waals surface area contributed by atoms with Crippen molar-refractivity contribution in [1.82, 2.24) is 20.2 Å². The Morgan fingerprint density at radius 1 is 1.25 bits per heavy atom. The van der Waals surface area contributed by atoms with Crippen LogP contribution < -0.4 is 10.6 Å². The van der Waals surface area contributed by atoms with E-state index in [-0.39, 0.29) is 51.2 Å². The summed E-state index contributed by atoms with van der Waals surface area (Å²) in [6.45, 7) is 2.57. The Hall–Kier alpha value is -2.66. The molecule has 0 spiro atoms. The van der Waals surface area contributed by atoms with Crippen LogP contribution in [0.4, 0.5) is 14.6 Å². The highest BCUT2D eigenvalue weighted by atomic mass is 32.1. The second-order valence-corrected chi connectivity index (χ2v) is 11.2.